The second-order valence-electron chi connectivity index (χ2n) is 17.4. The molecule has 2 aromatic carbocycles. The Bertz CT molecular complexity index is 2250. The summed E-state index contributed by atoms with van der Waals surface area (Å²) in [6.07, 6.45) is 6.37. The van der Waals surface area contributed by atoms with E-state index in [2.05, 4.69) is 85.9 Å². The van der Waals surface area contributed by atoms with Crippen LogP contribution in [0.1, 0.15) is 98.8 Å². The summed E-state index contributed by atoms with van der Waals surface area (Å²) >= 11 is 6.59. The molecule has 1 atom stereocenters. The lowest BCUT2D eigenvalue weighted by molar-refractivity contribution is -0.136. The molecule has 2 N–H and O–H groups in total. The molecule has 61 heavy (non-hydrogen) atoms. The maximum absolute atomic E-state index is 13.4. The molecule has 14 heteroatoms. The van der Waals surface area contributed by atoms with Crippen molar-refractivity contribution in [3.8, 4) is 5.88 Å². The highest BCUT2D eigenvalue weighted by Gasteiger charge is 2.42. The van der Waals surface area contributed by atoms with Crippen LogP contribution < -0.4 is 24.8 Å². The number of imide groups is 1. The van der Waals surface area contributed by atoms with Crippen LogP contribution in [0.4, 0.5) is 17.2 Å². The number of hydrogen-bond acceptors (Lipinski definition) is 10. The Morgan fingerprint density at radius 3 is 2.23 bits per heavy atom. The van der Waals surface area contributed by atoms with Crippen molar-refractivity contribution in [3.05, 3.63) is 76.5 Å². The van der Waals surface area contributed by atoms with Gasteiger partial charge in [0.15, 0.2) is 0 Å². The minimum atomic E-state index is -0.671. The van der Waals surface area contributed by atoms with Gasteiger partial charge in [-0.25, -0.2) is 0 Å². The number of piperidine rings is 3. The van der Waals surface area contributed by atoms with E-state index in [9.17, 15) is 14.4 Å². The minimum absolute atomic E-state index is 0.219. The largest absolute Gasteiger partial charge is 0.480 e. The van der Waals surface area contributed by atoms with Crippen molar-refractivity contribution >= 4 is 63.0 Å². The van der Waals surface area contributed by atoms with Crippen LogP contribution in [-0.2, 0) is 16.1 Å². The number of piperazine rings is 1. The fraction of sp³-hybridized carbons (Fsp3) is 0.511. The molecule has 13 nitrogen and oxygen atoms in total. The van der Waals surface area contributed by atoms with Crippen LogP contribution in [0.5, 0.6) is 5.88 Å². The van der Waals surface area contributed by atoms with Crippen molar-refractivity contribution in [3.63, 3.8) is 0 Å². The second kappa shape index (κ2) is 18.5. The Morgan fingerprint density at radius 2 is 1.57 bits per heavy atom. The Balaban J connectivity index is 0.00000166. The summed E-state index contributed by atoms with van der Waals surface area (Å²) in [5.74, 6) is 1.32. The highest BCUT2D eigenvalue weighted by atomic mass is 35.5. The van der Waals surface area contributed by atoms with Gasteiger partial charge in [0.2, 0.25) is 17.7 Å². The van der Waals surface area contributed by atoms with E-state index < -0.39 is 11.9 Å². The van der Waals surface area contributed by atoms with E-state index in [1.807, 2.05) is 19.1 Å². The van der Waals surface area contributed by atoms with Crippen LogP contribution in [0.15, 0.2) is 49.0 Å². The standard InChI is InChI=1S/C44H52ClN9O4.C3H8/c1-27(2)40-39-33(45)8-9-34(41(39)49-48-40)52-18-14-30(15-19-52)29-4-6-32(7-5-29)51-16-12-28(13-17-51)25-50-20-22-53(23-21-50)36-24-31-26-54(35-10-11-37(55)47-42(35)56)44(57)38(31)43(46-36)58-3;1-3-2/h4-9,24,28,30,35H,1,10-23,25-26H2,2-3H3,(H,48,49)(H,47,55,56);3H2,1-2H3. The molecule has 2 aromatic heterocycles. The number of H-pyrrole nitrogens is 1. The number of hydrogen-bond donors (Lipinski definition) is 2. The number of carbonyl (C=O) groups excluding carboxylic acids is 3. The van der Waals surface area contributed by atoms with E-state index in [0.29, 0.717) is 41.3 Å². The monoisotopic (exact) mass is 849 g/mol. The van der Waals surface area contributed by atoms with Crippen molar-refractivity contribution in [2.75, 3.05) is 80.7 Å². The van der Waals surface area contributed by atoms with Crippen molar-refractivity contribution in [1.82, 2.24) is 30.3 Å². The number of carbonyl (C=O) groups is 3. The molecular formula is C47H60ClN9O4. The van der Waals surface area contributed by atoms with E-state index in [4.69, 9.17) is 21.3 Å². The summed E-state index contributed by atoms with van der Waals surface area (Å²) in [6.45, 7) is 19.4. The quantitative estimate of drug-likeness (QED) is 0.166. The zero-order chi connectivity index (χ0) is 42.8. The van der Waals surface area contributed by atoms with Crippen molar-refractivity contribution in [2.45, 2.75) is 84.2 Å². The molecule has 4 aromatic rings. The van der Waals surface area contributed by atoms with Gasteiger partial charge in [0.25, 0.3) is 5.91 Å². The third kappa shape index (κ3) is 8.82. The lowest BCUT2D eigenvalue weighted by Gasteiger charge is -2.40. The van der Waals surface area contributed by atoms with Crippen LogP contribution in [-0.4, -0.2) is 115 Å². The molecule has 1 unspecified atom stereocenters. The van der Waals surface area contributed by atoms with E-state index >= 15 is 0 Å². The Morgan fingerprint density at radius 1 is 0.885 bits per heavy atom. The van der Waals surface area contributed by atoms with Crippen LogP contribution in [0, 0.1) is 5.92 Å². The lowest BCUT2D eigenvalue weighted by Crippen LogP contribution is -2.52. The minimum Gasteiger partial charge on any atom is -0.480 e. The molecule has 4 fully saturated rings. The predicted molar refractivity (Wildman–Crippen MR) is 243 cm³/mol. The summed E-state index contributed by atoms with van der Waals surface area (Å²) < 4.78 is 5.61. The average Bonchev–Trinajstić information content (AvgIpc) is 3.87. The third-order valence-corrected chi connectivity index (χ3v) is 13.4. The van der Waals surface area contributed by atoms with Gasteiger partial charge in [-0.1, -0.05) is 50.6 Å². The molecule has 3 amide bonds. The first-order valence-electron chi connectivity index (χ1n) is 22.2. The summed E-state index contributed by atoms with van der Waals surface area (Å²) in [4.78, 5) is 53.8. The molecule has 0 saturated carbocycles. The SMILES string of the molecule is C=C(C)c1n[nH]c2c(N3CCC(c4ccc(N5CCC(CN6CCN(c7cc8c(c(OC)n7)C(=O)N(C7CCC(=O)NC7=O)C8)CC6)CC5)cc4)CC3)ccc(Cl)c12.CCC. The number of nitrogens with zero attached hydrogens (tertiary/aromatic N) is 7. The summed E-state index contributed by atoms with van der Waals surface area (Å²) in [5, 5.41) is 11.8. The highest BCUT2D eigenvalue weighted by molar-refractivity contribution is 6.36. The van der Waals surface area contributed by atoms with Crippen molar-refractivity contribution < 1.29 is 19.1 Å². The number of rotatable bonds is 9. The highest BCUT2D eigenvalue weighted by Crippen LogP contribution is 2.39. The fourth-order valence-electron chi connectivity index (χ4n) is 9.81. The number of amides is 3. The van der Waals surface area contributed by atoms with Crippen LogP contribution >= 0.6 is 11.6 Å². The molecule has 9 rings (SSSR count). The molecule has 0 aliphatic carbocycles. The van der Waals surface area contributed by atoms with E-state index in [0.717, 1.165) is 111 Å². The fourth-order valence-corrected chi connectivity index (χ4v) is 10.1. The number of aromatic amines is 1. The maximum Gasteiger partial charge on any atom is 0.260 e. The number of fused-ring (bicyclic) bond motifs is 2. The van der Waals surface area contributed by atoms with Crippen molar-refractivity contribution in [1.29, 1.82) is 0 Å². The van der Waals surface area contributed by atoms with Crippen LogP contribution in [0.2, 0.25) is 5.02 Å². The molecular weight excluding hydrogens is 790 g/mol. The first kappa shape index (κ1) is 42.5. The molecule has 0 bridgehead atoms. The maximum atomic E-state index is 13.4. The smallest absolute Gasteiger partial charge is 0.260 e. The number of methoxy groups -OCH3 is 1. The molecule has 5 aliphatic heterocycles. The first-order chi connectivity index (χ1) is 29.6. The number of halogens is 1. The molecule has 0 radical (unpaired) electrons. The lowest BCUT2D eigenvalue weighted by atomic mass is 9.88. The topological polar surface area (TPSA) is 130 Å². The van der Waals surface area contributed by atoms with Gasteiger partial charge in [-0.2, -0.15) is 10.1 Å². The molecule has 0 spiro atoms. The number of nitrogens with one attached hydrogen (secondary N) is 2. The zero-order valence-corrected chi connectivity index (χ0v) is 36.9. The number of ether oxygens (including phenoxy) is 1. The number of aromatic nitrogens is 3. The molecule has 5 aliphatic rings. The predicted octanol–water partition coefficient (Wildman–Crippen LogP) is 7.25. The molecule has 324 valence electrons. The van der Waals surface area contributed by atoms with Gasteiger partial charge >= 0.3 is 0 Å². The van der Waals surface area contributed by atoms with Gasteiger partial charge < -0.3 is 24.3 Å². The third-order valence-electron chi connectivity index (χ3n) is 13.1. The number of benzene rings is 2. The van der Waals surface area contributed by atoms with Gasteiger partial charge in [-0.15, -0.1) is 0 Å². The Hall–Kier alpha value is -5.14. The van der Waals surface area contributed by atoms with Gasteiger partial charge in [0.1, 0.15) is 17.4 Å². The average molecular weight is 851 g/mol. The number of allylic oxidation sites excluding steroid dienone is 1. The summed E-state index contributed by atoms with van der Waals surface area (Å²) in [6, 6.07) is 14.8. The van der Waals surface area contributed by atoms with E-state index in [1.54, 1.807) is 4.90 Å². The van der Waals surface area contributed by atoms with Gasteiger partial charge in [0.05, 0.1) is 29.0 Å². The van der Waals surface area contributed by atoms with Crippen molar-refractivity contribution in [2.24, 2.45) is 5.92 Å². The van der Waals surface area contributed by atoms with Crippen LogP contribution in [0.3, 0.4) is 0 Å². The Labute approximate surface area is 364 Å². The first-order valence-corrected chi connectivity index (χ1v) is 22.6. The Kier molecular flexibility index (Phi) is 12.9. The number of pyridine rings is 1. The van der Waals surface area contributed by atoms with Gasteiger partial charge in [-0.05, 0) is 97.9 Å². The normalized spacial score (nSPS) is 20.5. The van der Waals surface area contributed by atoms with E-state index in [1.165, 1.54) is 37.6 Å². The zero-order valence-electron chi connectivity index (χ0n) is 36.1. The summed E-state index contributed by atoms with van der Waals surface area (Å²) in [5.41, 5.74) is 7.88. The molecule has 7 heterocycles. The molecule has 4 saturated heterocycles. The summed E-state index contributed by atoms with van der Waals surface area (Å²) in [7, 11) is 1.53. The van der Waals surface area contributed by atoms with Crippen LogP contribution in [0.25, 0.3) is 16.5 Å². The second-order valence-corrected chi connectivity index (χ2v) is 17.8. The number of anilines is 3. The van der Waals surface area contributed by atoms with Gasteiger partial charge in [0, 0.05) is 82.9 Å². The van der Waals surface area contributed by atoms with E-state index in [-0.39, 0.29) is 18.2 Å². The van der Waals surface area contributed by atoms with Gasteiger partial charge in [-0.3, -0.25) is 29.7 Å².